The van der Waals surface area contributed by atoms with E-state index in [2.05, 4.69) is 22.8 Å². The lowest BCUT2D eigenvalue weighted by Gasteiger charge is -2.28. The average molecular weight is 430 g/mol. The second kappa shape index (κ2) is 9.81. The lowest BCUT2D eigenvalue weighted by molar-refractivity contribution is 0.0730. The van der Waals surface area contributed by atoms with E-state index in [0.29, 0.717) is 43.8 Å². The molecule has 6 nitrogen and oxygen atoms in total. The van der Waals surface area contributed by atoms with Crippen molar-refractivity contribution < 1.29 is 13.2 Å². The van der Waals surface area contributed by atoms with Crippen molar-refractivity contribution in [3.05, 3.63) is 54.1 Å². The molecule has 1 saturated carbocycles. The molecule has 2 N–H and O–H groups in total. The molecule has 0 aromatic heterocycles. The second-order valence-electron chi connectivity index (χ2n) is 8.04. The topological polar surface area (TPSA) is 70.7 Å². The van der Waals surface area contributed by atoms with Gasteiger partial charge < -0.3 is 15.4 Å². The van der Waals surface area contributed by atoms with E-state index in [9.17, 15) is 8.42 Å². The maximum Gasteiger partial charge on any atom is 0.243 e. The molecule has 0 spiro atoms. The van der Waals surface area contributed by atoms with Crippen molar-refractivity contribution in [2.45, 2.75) is 49.6 Å². The maximum absolute atomic E-state index is 13.1. The van der Waals surface area contributed by atoms with E-state index in [1.54, 1.807) is 12.1 Å². The molecule has 162 valence electrons. The van der Waals surface area contributed by atoms with Gasteiger partial charge in [0.1, 0.15) is 0 Å². The van der Waals surface area contributed by atoms with Crippen LogP contribution in [0.3, 0.4) is 0 Å². The Kier molecular flexibility index (Phi) is 6.92. The summed E-state index contributed by atoms with van der Waals surface area (Å²) in [6, 6.07) is 16.0. The number of hydrogen-bond donors (Lipinski definition) is 2. The van der Waals surface area contributed by atoms with E-state index in [1.807, 2.05) is 24.3 Å². The van der Waals surface area contributed by atoms with Gasteiger partial charge in [0.25, 0.3) is 0 Å². The van der Waals surface area contributed by atoms with E-state index in [-0.39, 0.29) is 0 Å². The van der Waals surface area contributed by atoms with Gasteiger partial charge in [0, 0.05) is 25.7 Å². The van der Waals surface area contributed by atoms with Crippen molar-refractivity contribution in [1.82, 2.24) is 4.31 Å². The van der Waals surface area contributed by atoms with Crippen molar-refractivity contribution in [1.29, 1.82) is 0 Å². The van der Waals surface area contributed by atoms with Gasteiger partial charge in [-0.3, -0.25) is 0 Å². The molecule has 1 heterocycles. The molecule has 0 amide bonds. The first-order valence-corrected chi connectivity index (χ1v) is 12.3. The van der Waals surface area contributed by atoms with Gasteiger partial charge in [-0.2, -0.15) is 4.31 Å². The van der Waals surface area contributed by atoms with Gasteiger partial charge in [0.2, 0.25) is 10.0 Å². The Morgan fingerprint density at radius 3 is 2.40 bits per heavy atom. The van der Waals surface area contributed by atoms with Gasteiger partial charge in [0.05, 0.1) is 29.5 Å². The van der Waals surface area contributed by atoms with Crippen LogP contribution in [-0.2, 0) is 21.3 Å². The molecule has 0 atom stereocenters. The Labute approximate surface area is 179 Å². The number of hydrogen-bond acceptors (Lipinski definition) is 5. The Hall–Kier alpha value is -2.09. The summed E-state index contributed by atoms with van der Waals surface area (Å²) < 4.78 is 33.1. The Morgan fingerprint density at radius 2 is 1.67 bits per heavy atom. The van der Waals surface area contributed by atoms with Crippen LogP contribution in [0.5, 0.6) is 0 Å². The number of sulfonamides is 1. The maximum atomic E-state index is 13.1. The highest BCUT2D eigenvalue weighted by atomic mass is 32.2. The fraction of sp³-hybridized carbons (Fsp3) is 0.478. The van der Waals surface area contributed by atoms with Crippen LogP contribution in [0.4, 0.5) is 11.4 Å². The van der Waals surface area contributed by atoms with Crippen LogP contribution in [-0.4, -0.2) is 45.1 Å². The highest BCUT2D eigenvalue weighted by molar-refractivity contribution is 7.89. The Morgan fingerprint density at radius 1 is 0.933 bits per heavy atom. The lowest BCUT2D eigenvalue weighted by atomic mass is 9.95. The molecular formula is C23H31N3O3S. The first kappa shape index (κ1) is 21.2. The molecule has 0 bridgehead atoms. The molecule has 30 heavy (non-hydrogen) atoms. The molecule has 2 aliphatic rings. The Bertz CT molecular complexity index is 922. The third-order valence-electron chi connectivity index (χ3n) is 5.89. The minimum Gasteiger partial charge on any atom is -0.381 e. The summed E-state index contributed by atoms with van der Waals surface area (Å²) in [6.07, 6.45) is 6.10. The predicted octanol–water partition coefficient (Wildman–Crippen LogP) is 4.06. The molecule has 1 aliphatic heterocycles. The van der Waals surface area contributed by atoms with Gasteiger partial charge in [-0.1, -0.05) is 49.6 Å². The molecule has 0 unspecified atom stereocenters. The van der Waals surface area contributed by atoms with Crippen molar-refractivity contribution in [3.8, 4) is 0 Å². The minimum atomic E-state index is -3.53. The molecule has 4 rings (SSSR count). The van der Waals surface area contributed by atoms with Gasteiger partial charge in [0.15, 0.2) is 0 Å². The van der Waals surface area contributed by atoms with Crippen LogP contribution in [0.15, 0.2) is 53.4 Å². The van der Waals surface area contributed by atoms with Gasteiger partial charge in [-0.15, -0.1) is 0 Å². The van der Waals surface area contributed by atoms with Gasteiger partial charge >= 0.3 is 0 Å². The van der Waals surface area contributed by atoms with E-state index in [4.69, 9.17) is 4.74 Å². The second-order valence-corrected chi connectivity index (χ2v) is 9.98. The average Bonchev–Trinajstić information content (AvgIpc) is 2.80. The van der Waals surface area contributed by atoms with Crippen LogP contribution >= 0.6 is 0 Å². The molecule has 2 fully saturated rings. The molecule has 2 aromatic rings. The zero-order valence-corrected chi connectivity index (χ0v) is 18.2. The summed E-state index contributed by atoms with van der Waals surface area (Å²) in [4.78, 5) is 0.328. The van der Waals surface area contributed by atoms with Crippen LogP contribution < -0.4 is 10.6 Å². The zero-order valence-electron chi connectivity index (χ0n) is 17.3. The van der Waals surface area contributed by atoms with Crippen molar-refractivity contribution in [3.63, 3.8) is 0 Å². The third-order valence-corrected chi connectivity index (χ3v) is 7.78. The van der Waals surface area contributed by atoms with Crippen LogP contribution in [0.2, 0.25) is 0 Å². The first-order chi connectivity index (χ1) is 14.6. The molecular weight excluding hydrogens is 398 g/mol. The highest BCUT2D eigenvalue weighted by Crippen LogP contribution is 2.31. The van der Waals surface area contributed by atoms with Gasteiger partial charge in [-0.25, -0.2) is 8.42 Å². The summed E-state index contributed by atoms with van der Waals surface area (Å²) in [7, 11) is -3.53. The van der Waals surface area contributed by atoms with Crippen molar-refractivity contribution >= 4 is 21.4 Å². The SMILES string of the molecule is O=S(=O)(c1ccc(NC2CCCCC2)c(NCc2ccccc2)c1)N1CCOCC1. The predicted molar refractivity (Wildman–Crippen MR) is 120 cm³/mol. The van der Waals surface area contributed by atoms with E-state index in [1.165, 1.54) is 23.6 Å². The smallest absolute Gasteiger partial charge is 0.243 e. The van der Waals surface area contributed by atoms with Crippen LogP contribution in [0.25, 0.3) is 0 Å². The fourth-order valence-corrected chi connectivity index (χ4v) is 5.59. The lowest BCUT2D eigenvalue weighted by Crippen LogP contribution is -2.40. The first-order valence-electron chi connectivity index (χ1n) is 10.9. The fourth-order valence-electron chi connectivity index (χ4n) is 4.15. The summed E-state index contributed by atoms with van der Waals surface area (Å²) >= 11 is 0. The third kappa shape index (κ3) is 5.14. The molecule has 1 saturated heterocycles. The van der Waals surface area contributed by atoms with Crippen molar-refractivity contribution in [2.75, 3.05) is 36.9 Å². The number of anilines is 2. The standard InChI is InChI=1S/C23H31N3O3S/c27-30(28,26-13-15-29-16-14-26)21-11-12-22(25-20-9-5-2-6-10-20)23(17-21)24-18-19-7-3-1-4-8-19/h1,3-4,7-8,11-12,17,20,24-25H,2,5-6,9-10,13-16,18H2. The number of nitrogens with one attached hydrogen (secondary N) is 2. The van der Waals surface area contributed by atoms with Crippen molar-refractivity contribution in [2.24, 2.45) is 0 Å². The number of ether oxygens (including phenoxy) is 1. The number of benzene rings is 2. The quantitative estimate of drug-likeness (QED) is 0.694. The van der Waals surface area contributed by atoms with E-state index in [0.717, 1.165) is 29.8 Å². The summed E-state index contributed by atoms with van der Waals surface area (Å²) in [5.41, 5.74) is 2.96. The zero-order chi connectivity index (χ0) is 20.8. The molecule has 7 heteroatoms. The normalized spacial score (nSPS) is 18.8. The summed E-state index contributed by atoms with van der Waals surface area (Å²) in [5, 5.41) is 7.12. The number of nitrogens with zero attached hydrogens (tertiary/aromatic N) is 1. The molecule has 1 aliphatic carbocycles. The van der Waals surface area contributed by atoms with Gasteiger partial charge in [-0.05, 0) is 36.6 Å². The number of rotatable bonds is 7. The highest BCUT2D eigenvalue weighted by Gasteiger charge is 2.27. The summed E-state index contributed by atoms with van der Waals surface area (Å²) in [5.74, 6) is 0. The largest absolute Gasteiger partial charge is 0.381 e. The van der Waals surface area contributed by atoms with Crippen LogP contribution in [0.1, 0.15) is 37.7 Å². The number of morpholine rings is 1. The Balaban J connectivity index is 1.58. The minimum absolute atomic E-state index is 0.328. The molecule has 0 radical (unpaired) electrons. The molecule has 2 aromatic carbocycles. The summed E-state index contributed by atoms with van der Waals surface area (Å²) in [6.45, 7) is 2.33. The van der Waals surface area contributed by atoms with E-state index < -0.39 is 10.0 Å². The van der Waals surface area contributed by atoms with Crippen LogP contribution in [0, 0.1) is 0 Å². The van der Waals surface area contributed by atoms with E-state index >= 15 is 0 Å². The monoisotopic (exact) mass is 429 g/mol.